The minimum absolute atomic E-state index is 0.0558. The molecule has 0 atom stereocenters. The second kappa shape index (κ2) is 9.20. The third kappa shape index (κ3) is 4.50. The van der Waals surface area contributed by atoms with Gasteiger partial charge in [0.05, 0.1) is 12.2 Å². The molecular formula is C23H20BrNO5S. The van der Waals surface area contributed by atoms with Crippen molar-refractivity contribution in [3.8, 4) is 0 Å². The summed E-state index contributed by atoms with van der Waals surface area (Å²) in [4.78, 5) is 38.5. The molecule has 1 aromatic carbocycles. The largest absolute Gasteiger partial charge is 0.462 e. The molecule has 1 aliphatic carbocycles. The molecule has 6 nitrogen and oxygen atoms in total. The summed E-state index contributed by atoms with van der Waals surface area (Å²) in [6.07, 6.45) is 6.63. The van der Waals surface area contributed by atoms with Crippen LogP contribution in [-0.4, -0.2) is 18.4 Å². The molecule has 0 radical (unpaired) electrons. The number of allylic oxidation sites excluding steroid dienone is 1. The van der Waals surface area contributed by atoms with Crippen molar-refractivity contribution < 1.29 is 18.7 Å². The van der Waals surface area contributed by atoms with Gasteiger partial charge in [0, 0.05) is 27.0 Å². The number of fused-ring (bicyclic) bond motifs is 2. The highest BCUT2D eigenvalue weighted by atomic mass is 79.9. The molecule has 3 aromatic rings. The molecule has 0 saturated heterocycles. The maximum Gasteiger partial charge on any atom is 0.347 e. The van der Waals surface area contributed by atoms with Crippen molar-refractivity contribution in [2.45, 2.75) is 32.6 Å². The number of esters is 1. The lowest BCUT2D eigenvalue weighted by Crippen LogP contribution is -2.12. The lowest BCUT2D eigenvalue weighted by molar-refractivity contribution is 0.0526. The smallest absolute Gasteiger partial charge is 0.347 e. The third-order valence-corrected chi connectivity index (χ3v) is 6.78. The average molecular weight is 502 g/mol. The molecule has 8 heteroatoms. The standard InChI is InChI=1S/C23H20BrNO5S/c1-2-29-23(28)20-15-5-3-4-6-19(15)31-21(20)25-10-9-17(26)16-12-13-11-14(24)7-8-18(13)30-22(16)27/h7-12,25H,2-6H2,1H3/b10-9+. The molecule has 2 heterocycles. The van der Waals surface area contributed by atoms with E-state index in [9.17, 15) is 14.4 Å². The lowest BCUT2D eigenvalue weighted by atomic mass is 9.95. The first-order chi connectivity index (χ1) is 15.0. The summed E-state index contributed by atoms with van der Waals surface area (Å²) in [5.41, 5.74) is 1.25. The van der Waals surface area contributed by atoms with Gasteiger partial charge in [0.15, 0.2) is 5.78 Å². The lowest BCUT2D eigenvalue weighted by Gasteiger charge is -2.12. The predicted octanol–water partition coefficient (Wildman–Crippen LogP) is 5.48. The van der Waals surface area contributed by atoms with E-state index >= 15 is 0 Å². The topological polar surface area (TPSA) is 85.6 Å². The quantitative estimate of drug-likeness (QED) is 0.208. The number of nitrogens with one attached hydrogen (secondary N) is 1. The van der Waals surface area contributed by atoms with Crippen LogP contribution in [0.25, 0.3) is 11.0 Å². The van der Waals surface area contributed by atoms with E-state index in [2.05, 4.69) is 21.2 Å². The number of rotatable bonds is 6. The van der Waals surface area contributed by atoms with E-state index in [0.717, 1.165) is 35.7 Å². The fourth-order valence-electron chi connectivity index (χ4n) is 3.64. The summed E-state index contributed by atoms with van der Waals surface area (Å²) in [6, 6.07) is 6.73. The fourth-order valence-corrected chi connectivity index (χ4v) is 5.27. The Morgan fingerprint density at radius 3 is 2.87 bits per heavy atom. The van der Waals surface area contributed by atoms with Crippen LogP contribution in [-0.2, 0) is 17.6 Å². The van der Waals surface area contributed by atoms with Crippen LogP contribution >= 0.6 is 27.3 Å². The maximum absolute atomic E-state index is 12.6. The monoisotopic (exact) mass is 501 g/mol. The summed E-state index contributed by atoms with van der Waals surface area (Å²) < 4.78 is 11.3. The zero-order chi connectivity index (χ0) is 22.0. The number of hydrogen-bond acceptors (Lipinski definition) is 7. The Balaban J connectivity index is 1.59. The predicted molar refractivity (Wildman–Crippen MR) is 124 cm³/mol. The number of aryl methyl sites for hydroxylation is 1. The highest BCUT2D eigenvalue weighted by Gasteiger charge is 2.26. The Labute approximate surface area is 191 Å². The first-order valence-electron chi connectivity index (χ1n) is 10.0. The van der Waals surface area contributed by atoms with Crippen molar-refractivity contribution in [2.24, 2.45) is 0 Å². The van der Waals surface area contributed by atoms with Gasteiger partial charge in [0.2, 0.25) is 0 Å². The molecule has 0 aliphatic heterocycles. The Morgan fingerprint density at radius 1 is 1.26 bits per heavy atom. The normalized spacial score (nSPS) is 13.4. The number of thiophene rings is 1. The van der Waals surface area contributed by atoms with Crippen LogP contribution in [0.15, 0.2) is 50.2 Å². The molecule has 0 spiro atoms. The summed E-state index contributed by atoms with van der Waals surface area (Å²) in [5, 5.41) is 4.36. The Kier molecular flexibility index (Phi) is 6.38. The average Bonchev–Trinajstić information content (AvgIpc) is 3.12. The number of benzene rings is 1. The van der Waals surface area contributed by atoms with E-state index in [-0.39, 0.29) is 11.5 Å². The fraction of sp³-hybridized carbons (Fsp3) is 0.261. The molecule has 0 bridgehead atoms. The van der Waals surface area contributed by atoms with Crippen molar-refractivity contribution >= 4 is 55.0 Å². The third-order valence-electron chi connectivity index (χ3n) is 5.06. The molecule has 0 saturated carbocycles. The van der Waals surface area contributed by atoms with Crippen molar-refractivity contribution in [3.63, 3.8) is 0 Å². The van der Waals surface area contributed by atoms with Crippen LogP contribution in [0.2, 0.25) is 0 Å². The van der Waals surface area contributed by atoms with E-state index in [0.29, 0.717) is 28.1 Å². The number of ketones is 1. The zero-order valence-corrected chi connectivity index (χ0v) is 19.2. The van der Waals surface area contributed by atoms with Gasteiger partial charge in [-0.3, -0.25) is 4.79 Å². The van der Waals surface area contributed by atoms with Gasteiger partial charge < -0.3 is 14.5 Å². The molecule has 31 heavy (non-hydrogen) atoms. The molecule has 0 unspecified atom stereocenters. The second-order valence-electron chi connectivity index (χ2n) is 7.11. The molecule has 1 N–H and O–H groups in total. The van der Waals surface area contributed by atoms with E-state index < -0.39 is 11.4 Å². The minimum Gasteiger partial charge on any atom is -0.462 e. The SMILES string of the molecule is CCOC(=O)c1c(N/C=C/C(=O)c2cc3cc(Br)ccc3oc2=O)sc2c1CCCC2. The Morgan fingerprint density at radius 2 is 2.06 bits per heavy atom. The number of halogens is 1. The highest BCUT2D eigenvalue weighted by molar-refractivity contribution is 9.10. The maximum atomic E-state index is 12.6. The number of carbonyl (C=O) groups excluding carboxylic acids is 2. The number of anilines is 1. The van der Waals surface area contributed by atoms with Crippen molar-refractivity contribution in [2.75, 3.05) is 11.9 Å². The van der Waals surface area contributed by atoms with Gasteiger partial charge in [0.25, 0.3) is 0 Å². The van der Waals surface area contributed by atoms with E-state index in [1.807, 2.05) is 0 Å². The van der Waals surface area contributed by atoms with Gasteiger partial charge in [-0.15, -0.1) is 11.3 Å². The summed E-state index contributed by atoms with van der Waals surface area (Å²) in [7, 11) is 0. The van der Waals surface area contributed by atoms with Gasteiger partial charge in [-0.25, -0.2) is 9.59 Å². The van der Waals surface area contributed by atoms with Gasteiger partial charge >= 0.3 is 11.6 Å². The second-order valence-corrected chi connectivity index (χ2v) is 9.13. The van der Waals surface area contributed by atoms with Crippen molar-refractivity contribution in [3.05, 3.63) is 73.0 Å². The van der Waals surface area contributed by atoms with Crippen LogP contribution < -0.4 is 10.9 Å². The van der Waals surface area contributed by atoms with Crippen LogP contribution in [0, 0.1) is 0 Å². The molecule has 0 amide bonds. The molecule has 1 aliphatic rings. The van der Waals surface area contributed by atoms with Crippen molar-refractivity contribution in [1.29, 1.82) is 0 Å². The zero-order valence-electron chi connectivity index (χ0n) is 16.8. The van der Waals surface area contributed by atoms with Gasteiger partial charge in [-0.05, 0) is 62.4 Å². The van der Waals surface area contributed by atoms with Gasteiger partial charge in [0.1, 0.15) is 16.1 Å². The number of ether oxygens (including phenoxy) is 1. The first-order valence-corrected chi connectivity index (χ1v) is 11.6. The van der Waals surface area contributed by atoms with Crippen LogP contribution in [0.5, 0.6) is 0 Å². The summed E-state index contributed by atoms with van der Waals surface area (Å²) >= 11 is 4.88. The minimum atomic E-state index is -0.691. The summed E-state index contributed by atoms with van der Waals surface area (Å²) in [6.45, 7) is 2.07. The summed E-state index contributed by atoms with van der Waals surface area (Å²) in [5.74, 6) is -0.841. The van der Waals surface area contributed by atoms with E-state index in [4.69, 9.17) is 9.15 Å². The molecule has 160 valence electrons. The van der Waals surface area contributed by atoms with Crippen molar-refractivity contribution in [1.82, 2.24) is 0 Å². The van der Waals surface area contributed by atoms with Crippen LogP contribution in [0.3, 0.4) is 0 Å². The first kappa shape index (κ1) is 21.5. The molecule has 2 aromatic heterocycles. The molecule has 4 rings (SSSR count). The van der Waals surface area contributed by atoms with Gasteiger partial charge in [-0.1, -0.05) is 15.9 Å². The van der Waals surface area contributed by atoms with E-state index in [1.165, 1.54) is 34.6 Å². The molecule has 0 fully saturated rings. The van der Waals surface area contributed by atoms with Crippen LogP contribution in [0.1, 0.15) is 50.9 Å². The highest BCUT2D eigenvalue weighted by Crippen LogP contribution is 2.38. The van der Waals surface area contributed by atoms with Crippen LogP contribution in [0.4, 0.5) is 5.00 Å². The Bertz CT molecular complexity index is 1260. The molecular weight excluding hydrogens is 482 g/mol. The number of hydrogen-bond donors (Lipinski definition) is 1. The Hall–Kier alpha value is -2.71. The van der Waals surface area contributed by atoms with E-state index in [1.54, 1.807) is 25.1 Å². The van der Waals surface area contributed by atoms with Gasteiger partial charge in [-0.2, -0.15) is 0 Å². The number of carbonyl (C=O) groups is 2.